The molecule has 0 fully saturated rings. The van der Waals surface area contributed by atoms with Crippen LogP contribution < -0.4 is 0 Å². The van der Waals surface area contributed by atoms with Crippen LogP contribution >= 0.6 is 11.6 Å². The Labute approximate surface area is 126 Å². The summed E-state index contributed by atoms with van der Waals surface area (Å²) in [5.41, 5.74) is 4.53. The van der Waals surface area contributed by atoms with Crippen LogP contribution in [0.25, 0.3) is 18.2 Å². The Morgan fingerprint density at radius 3 is 1.45 bits per heavy atom. The third-order valence-corrected chi connectivity index (χ3v) is 3.14. The van der Waals surface area contributed by atoms with Crippen LogP contribution in [0.5, 0.6) is 0 Å². The zero-order chi connectivity index (χ0) is 14.8. The summed E-state index contributed by atoms with van der Waals surface area (Å²) in [5.74, 6) is 0.558. The quantitative estimate of drug-likeness (QED) is 0.600. The van der Waals surface area contributed by atoms with Gasteiger partial charge in [0.05, 0.1) is 0 Å². The van der Waals surface area contributed by atoms with Crippen molar-refractivity contribution in [3.05, 3.63) is 90.5 Å². The molecule has 0 nitrogen and oxygen atoms in total. The number of alkyl halides is 1. The summed E-state index contributed by atoms with van der Waals surface area (Å²) in [6, 6.07) is 16.0. The summed E-state index contributed by atoms with van der Waals surface area (Å²) >= 11 is 5.66. The number of hydrogen-bond donors (Lipinski definition) is 0. The van der Waals surface area contributed by atoms with E-state index in [2.05, 4.69) is 19.7 Å². The highest BCUT2D eigenvalue weighted by Crippen LogP contribution is 2.11. The Kier molecular flexibility index (Phi) is 7.16. The largest absolute Gasteiger partial charge is 0.122 e. The third-order valence-electron chi connectivity index (χ3n) is 2.85. The van der Waals surface area contributed by atoms with Gasteiger partial charge in [-0.1, -0.05) is 86.5 Å². The van der Waals surface area contributed by atoms with Crippen LogP contribution in [-0.2, 0) is 5.88 Å². The predicted octanol–water partition coefficient (Wildman–Crippen LogP) is 6.04. The molecule has 0 saturated heterocycles. The van der Waals surface area contributed by atoms with Gasteiger partial charge in [0.15, 0.2) is 0 Å². The van der Waals surface area contributed by atoms with Gasteiger partial charge in [-0.15, -0.1) is 11.6 Å². The zero-order valence-corrected chi connectivity index (χ0v) is 12.3. The maximum absolute atomic E-state index is 5.66. The van der Waals surface area contributed by atoms with Crippen LogP contribution in [0.4, 0.5) is 0 Å². The van der Waals surface area contributed by atoms with E-state index in [0.29, 0.717) is 5.88 Å². The molecule has 0 bridgehead atoms. The third kappa shape index (κ3) is 4.56. The van der Waals surface area contributed by atoms with E-state index in [1.54, 1.807) is 0 Å². The smallest absolute Gasteiger partial charge is 0.0479 e. The lowest BCUT2D eigenvalue weighted by molar-refractivity contribution is 1.38. The molecule has 2 rings (SSSR count). The van der Waals surface area contributed by atoms with E-state index in [1.807, 2.05) is 66.8 Å². The molecule has 0 heterocycles. The van der Waals surface area contributed by atoms with E-state index in [4.69, 9.17) is 11.6 Å². The van der Waals surface area contributed by atoms with Gasteiger partial charge in [0.1, 0.15) is 0 Å². The molecule has 102 valence electrons. The van der Waals surface area contributed by atoms with Gasteiger partial charge in [0, 0.05) is 5.88 Å². The van der Waals surface area contributed by atoms with Crippen molar-refractivity contribution < 1.29 is 0 Å². The van der Waals surface area contributed by atoms with Crippen molar-refractivity contribution in [3.63, 3.8) is 0 Å². The Bertz CT molecular complexity index is 555. The SMILES string of the molecule is C=Cc1ccccc1C=C.C=Cc1ccccc1CCl. The summed E-state index contributed by atoms with van der Waals surface area (Å²) in [6.45, 7) is 11.1. The molecule has 0 aliphatic rings. The fourth-order valence-electron chi connectivity index (χ4n) is 1.74. The van der Waals surface area contributed by atoms with Crippen LogP contribution in [0.2, 0.25) is 0 Å². The Morgan fingerprint density at radius 1 is 0.700 bits per heavy atom. The molecule has 20 heavy (non-hydrogen) atoms. The summed E-state index contributed by atoms with van der Waals surface area (Å²) < 4.78 is 0. The second kappa shape index (κ2) is 8.95. The topological polar surface area (TPSA) is 0 Å². The molecule has 0 aliphatic carbocycles. The lowest BCUT2D eigenvalue weighted by Crippen LogP contribution is -1.81. The second-order valence-corrected chi connectivity index (χ2v) is 4.34. The van der Waals surface area contributed by atoms with Crippen molar-refractivity contribution in [2.45, 2.75) is 5.88 Å². The minimum absolute atomic E-state index is 0.558. The minimum Gasteiger partial charge on any atom is -0.122 e. The van der Waals surface area contributed by atoms with Crippen LogP contribution in [-0.4, -0.2) is 0 Å². The first-order valence-electron chi connectivity index (χ1n) is 6.37. The average molecular weight is 283 g/mol. The highest BCUT2D eigenvalue weighted by Gasteiger charge is 1.93. The zero-order valence-electron chi connectivity index (χ0n) is 11.6. The molecule has 0 N–H and O–H groups in total. The lowest BCUT2D eigenvalue weighted by Gasteiger charge is -1.98. The molecule has 2 aromatic carbocycles. The summed E-state index contributed by atoms with van der Waals surface area (Å²) in [6.07, 6.45) is 5.48. The van der Waals surface area contributed by atoms with E-state index >= 15 is 0 Å². The predicted molar refractivity (Wildman–Crippen MR) is 92.7 cm³/mol. The van der Waals surface area contributed by atoms with Gasteiger partial charge in [-0.3, -0.25) is 0 Å². The van der Waals surface area contributed by atoms with Crippen LogP contribution in [0.1, 0.15) is 22.3 Å². The number of benzene rings is 2. The Balaban J connectivity index is 0.000000200. The first kappa shape index (κ1) is 16.0. The van der Waals surface area contributed by atoms with Crippen LogP contribution in [0.3, 0.4) is 0 Å². The summed E-state index contributed by atoms with van der Waals surface area (Å²) in [4.78, 5) is 0. The number of rotatable bonds is 4. The molecular formula is C19H19Cl. The van der Waals surface area contributed by atoms with E-state index in [9.17, 15) is 0 Å². The summed E-state index contributed by atoms with van der Waals surface area (Å²) in [5, 5.41) is 0. The molecule has 2 aromatic rings. The molecule has 1 heteroatoms. The van der Waals surface area contributed by atoms with Gasteiger partial charge < -0.3 is 0 Å². The van der Waals surface area contributed by atoms with E-state index in [1.165, 1.54) is 0 Å². The normalized spacial score (nSPS) is 9.05. The molecule has 0 radical (unpaired) electrons. The van der Waals surface area contributed by atoms with E-state index in [-0.39, 0.29) is 0 Å². The molecular weight excluding hydrogens is 264 g/mol. The number of hydrogen-bond acceptors (Lipinski definition) is 0. The van der Waals surface area contributed by atoms with E-state index in [0.717, 1.165) is 22.3 Å². The molecule has 0 aliphatic heterocycles. The Hall–Kier alpha value is -2.05. The molecule has 0 amide bonds. The van der Waals surface area contributed by atoms with Crippen molar-refractivity contribution in [3.8, 4) is 0 Å². The van der Waals surface area contributed by atoms with E-state index < -0.39 is 0 Å². The first-order chi connectivity index (χ1) is 9.76. The van der Waals surface area contributed by atoms with Crippen molar-refractivity contribution in [2.24, 2.45) is 0 Å². The maximum Gasteiger partial charge on any atom is 0.0479 e. The second-order valence-electron chi connectivity index (χ2n) is 4.07. The highest BCUT2D eigenvalue weighted by molar-refractivity contribution is 6.17. The summed E-state index contributed by atoms with van der Waals surface area (Å²) in [7, 11) is 0. The molecule has 0 saturated carbocycles. The van der Waals surface area contributed by atoms with Crippen molar-refractivity contribution >= 4 is 29.8 Å². The Morgan fingerprint density at radius 2 is 1.10 bits per heavy atom. The van der Waals surface area contributed by atoms with Crippen LogP contribution in [0.15, 0.2) is 68.3 Å². The molecule has 0 spiro atoms. The average Bonchev–Trinajstić information content (AvgIpc) is 2.55. The fourth-order valence-corrected chi connectivity index (χ4v) is 1.98. The van der Waals surface area contributed by atoms with Gasteiger partial charge in [0.2, 0.25) is 0 Å². The number of halogens is 1. The molecule has 0 unspecified atom stereocenters. The van der Waals surface area contributed by atoms with Gasteiger partial charge in [0.25, 0.3) is 0 Å². The highest BCUT2D eigenvalue weighted by atomic mass is 35.5. The van der Waals surface area contributed by atoms with Gasteiger partial charge in [-0.25, -0.2) is 0 Å². The fraction of sp³-hybridized carbons (Fsp3) is 0.0526. The standard InChI is InChI=1S/C10H10.C9H9Cl/c1-3-9-7-5-6-8-10(9)4-2;1-2-8-5-3-4-6-9(8)7-10/h3-8H,1-2H2;2-6H,1,7H2. The van der Waals surface area contributed by atoms with Crippen molar-refractivity contribution in [1.82, 2.24) is 0 Å². The van der Waals surface area contributed by atoms with Crippen LogP contribution in [0, 0.1) is 0 Å². The van der Waals surface area contributed by atoms with Gasteiger partial charge >= 0.3 is 0 Å². The molecule has 0 atom stereocenters. The monoisotopic (exact) mass is 282 g/mol. The van der Waals surface area contributed by atoms with Crippen molar-refractivity contribution in [2.75, 3.05) is 0 Å². The first-order valence-corrected chi connectivity index (χ1v) is 6.90. The lowest BCUT2D eigenvalue weighted by atomic mass is 10.1. The van der Waals surface area contributed by atoms with Gasteiger partial charge in [-0.05, 0) is 22.3 Å². The minimum atomic E-state index is 0.558. The maximum atomic E-state index is 5.66. The molecule has 0 aromatic heterocycles. The van der Waals surface area contributed by atoms with Crippen molar-refractivity contribution in [1.29, 1.82) is 0 Å². The van der Waals surface area contributed by atoms with Gasteiger partial charge in [-0.2, -0.15) is 0 Å².